The van der Waals surface area contributed by atoms with E-state index in [1.807, 2.05) is 6.92 Å². The van der Waals surface area contributed by atoms with Gasteiger partial charge in [-0.2, -0.15) is 0 Å². The third-order valence-corrected chi connectivity index (χ3v) is 1.70. The summed E-state index contributed by atoms with van der Waals surface area (Å²) in [5.41, 5.74) is 5.56. The van der Waals surface area contributed by atoms with Gasteiger partial charge in [-0.05, 0) is 6.42 Å². The number of carbonyl (C=O) groups excluding carboxylic acids is 2. The van der Waals surface area contributed by atoms with Crippen molar-refractivity contribution in [3.63, 3.8) is 0 Å². The number of hydrogen-bond acceptors (Lipinski definition) is 6. The number of amides is 1. The van der Waals surface area contributed by atoms with Gasteiger partial charge in [0, 0.05) is 19.7 Å². The first-order valence-corrected chi connectivity index (χ1v) is 5.65. The maximum absolute atomic E-state index is 11.2. The maximum Gasteiger partial charge on any atom is 0.407 e. The fraction of sp³-hybridized carbons (Fsp3) is 0.636. The van der Waals surface area contributed by atoms with Crippen LogP contribution in [0.3, 0.4) is 0 Å². The van der Waals surface area contributed by atoms with E-state index < -0.39 is 12.1 Å². The molecule has 0 saturated carbocycles. The van der Waals surface area contributed by atoms with Gasteiger partial charge < -0.3 is 25.3 Å². The van der Waals surface area contributed by atoms with Crippen LogP contribution in [-0.2, 0) is 19.0 Å². The summed E-state index contributed by atoms with van der Waals surface area (Å²) in [5.74, 6) is -0.590. The highest BCUT2D eigenvalue weighted by molar-refractivity contribution is 5.82. The first kappa shape index (κ1) is 16.2. The van der Waals surface area contributed by atoms with Crippen molar-refractivity contribution in [2.75, 3.05) is 33.5 Å². The molecule has 0 spiro atoms. The Morgan fingerprint density at radius 3 is 2.56 bits per heavy atom. The van der Waals surface area contributed by atoms with E-state index in [1.54, 1.807) is 0 Å². The van der Waals surface area contributed by atoms with Gasteiger partial charge >= 0.3 is 12.1 Å². The van der Waals surface area contributed by atoms with Gasteiger partial charge in [0.05, 0.1) is 12.3 Å². The van der Waals surface area contributed by atoms with E-state index in [0.717, 1.165) is 12.5 Å². The van der Waals surface area contributed by atoms with Crippen LogP contribution in [0.15, 0.2) is 11.8 Å². The molecule has 0 bridgehead atoms. The second-order valence-electron chi connectivity index (χ2n) is 3.33. The fourth-order valence-electron chi connectivity index (χ4n) is 0.903. The quantitative estimate of drug-likeness (QED) is 0.366. The topological polar surface area (TPSA) is 99.9 Å². The standard InChI is InChI=1S/C11H20N2O5/c1-3-4-16-5-6-17-10(14)7-9(12)8-18-11(15)13-2/h7H,3-6,8,12H2,1-2H3,(H,13,15)/b9-7-. The first-order chi connectivity index (χ1) is 8.60. The Bertz CT molecular complexity index is 291. The summed E-state index contributed by atoms with van der Waals surface area (Å²) in [6.45, 7) is 2.97. The van der Waals surface area contributed by atoms with Crippen LogP contribution in [0.25, 0.3) is 0 Å². The molecule has 0 unspecified atom stereocenters. The minimum absolute atomic E-state index is 0.109. The molecule has 0 rings (SSSR count). The van der Waals surface area contributed by atoms with Crippen LogP contribution in [0.4, 0.5) is 4.79 Å². The molecule has 3 N–H and O–H groups in total. The number of esters is 1. The van der Waals surface area contributed by atoms with Crippen molar-refractivity contribution >= 4 is 12.1 Å². The van der Waals surface area contributed by atoms with Gasteiger partial charge in [0.1, 0.15) is 13.2 Å². The molecule has 0 aromatic rings. The molecular weight excluding hydrogens is 240 g/mol. The predicted molar refractivity (Wildman–Crippen MR) is 64.7 cm³/mol. The Hall–Kier alpha value is -1.76. The Labute approximate surface area is 106 Å². The van der Waals surface area contributed by atoms with Gasteiger partial charge in [-0.15, -0.1) is 0 Å². The average Bonchev–Trinajstić information content (AvgIpc) is 2.35. The van der Waals surface area contributed by atoms with Crippen LogP contribution in [0.5, 0.6) is 0 Å². The highest BCUT2D eigenvalue weighted by Gasteiger charge is 2.03. The van der Waals surface area contributed by atoms with E-state index in [2.05, 4.69) is 10.1 Å². The van der Waals surface area contributed by atoms with Crippen LogP contribution in [0.1, 0.15) is 13.3 Å². The smallest absolute Gasteiger partial charge is 0.407 e. The molecule has 0 fully saturated rings. The molecule has 0 aromatic carbocycles. The highest BCUT2D eigenvalue weighted by atomic mass is 16.6. The molecule has 104 valence electrons. The highest BCUT2D eigenvalue weighted by Crippen LogP contribution is 1.90. The Morgan fingerprint density at radius 1 is 1.22 bits per heavy atom. The van der Waals surface area contributed by atoms with Crippen LogP contribution in [0.2, 0.25) is 0 Å². The lowest BCUT2D eigenvalue weighted by Gasteiger charge is -2.05. The minimum Gasteiger partial charge on any atom is -0.460 e. The number of carbonyl (C=O) groups is 2. The summed E-state index contributed by atoms with van der Waals surface area (Å²) in [6, 6.07) is 0. The van der Waals surface area contributed by atoms with Crippen molar-refractivity contribution in [2.24, 2.45) is 5.73 Å². The maximum atomic E-state index is 11.2. The zero-order valence-electron chi connectivity index (χ0n) is 10.7. The zero-order chi connectivity index (χ0) is 13.8. The van der Waals surface area contributed by atoms with Gasteiger partial charge in [-0.3, -0.25) is 0 Å². The van der Waals surface area contributed by atoms with E-state index in [0.29, 0.717) is 13.2 Å². The van der Waals surface area contributed by atoms with Crippen LogP contribution < -0.4 is 11.1 Å². The Kier molecular flexibility index (Phi) is 9.38. The monoisotopic (exact) mass is 260 g/mol. The van der Waals surface area contributed by atoms with E-state index in [-0.39, 0.29) is 18.9 Å². The van der Waals surface area contributed by atoms with Crippen molar-refractivity contribution in [3.8, 4) is 0 Å². The Balaban J connectivity index is 3.73. The van der Waals surface area contributed by atoms with E-state index in [4.69, 9.17) is 15.2 Å². The van der Waals surface area contributed by atoms with Crippen molar-refractivity contribution in [1.29, 1.82) is 0 Å². The summed E-state index contributed by atoms with van der Waals surface area (Å²) in [4.78, 5) is 21.9. The number of nitrogens with two attached hydrogens (primary N) is 1. The molecule has 0 aliphatic carbocycles. The van der Waals surface area contributed by atoms with Gasteiger partial charge in [-0.25, -0.2) is 9.59 Å². The first-order valence-electron chi connectivity index (χ1n) is 5.65. The SMILES string of the molecule is CCCOCCOC(=O)/C=C(\N)COC(=O)NC. The second kappa shape index (κ2) is 10.4. The van der Waals surface area contributed by atoms with Gasteiger partial charge in [0.25, 0.3) is 0 Å². The van der Waals surface area contributed by atoms with Crippen LogP contribution >= 0.6 is 0 Å². The molecule has 0 saturated heterocycles. The minimum atomic E-state index is -0.618. The average molecular weight is 260 g/mol. The van der Waals surface area contributed by atoms with E-state index >= 15 is 0 Å². The molecule has 0 atom stereocenters. The molecule has 18 heavy (non-hydrogen) atoms. The summed E-state index contributed by atoms with van der Waals surface area (Å²) < 4.78 is 14.6. The van der Waals surface area contributed by atoms with Crippen molar-refractivity contribution < 1.29 is 23.8 Å². The van der Waals surface area contributed by atoms with Crippen molar-refractivity contribution in [1.82, 2.24) is 5.32 Å². The molecule has 7 heteroatoms. The zero-order valence-corrected chi connectivity index (χ0v) is 10.7. The predicted octanol–water partition coefficient (Wildman–Crippen LogP) is 0.155. The molecule has 0 radical (unpaired) electrons. The molecule has 0 aromatic heterocycles. The lowest BCUT2D eigenvalue weighted by atomic mass is 10.4. The molecule has 0 heterocycles. The van der Waals surface area contributed by atoms with E-state index in [1.165, 1.54) is 7.05 Å². The largest absolute Gasteiger partial charge is 0.460 e. The fourth-order valence-corrected chi connectivity index (χ4v) is 0.903. The van der Waals surface area contributed by atoms with Crippen LogP contribution in [-0.4, -0.2) is 45.5 Å². The molecule has 0 aliphatic rings. The Morgan fingerprint density at radius 2 is 1.94 bits per heavy atom. The lowest BCUT2D eigenvalue weighted by molar-refractivity contribution is -0.139. The molecule has 7 nitrogen and oxygen atoms in total. The molecule has 1 amide bonds. The summed E-state index contributed by atoms with van der Waals surface area (Å²) >= 11 is 0. The van der Waals surface area contributed by atoms with Gasteiger partial charge in [0.15, 0.2) is 0 Å². The lowest BCUT2D eigenvalue weighted by Crippen LogP contribution is -2.22. The third kappa shape index (κ3) is 9.46. The normalized spacial score (nSPS) is 10.9. The number of rotatable bonds is 8. The number of nitrogens with one attached hydrogen (secondary N) is 1. The van der Waals surface area contributed by atoms with Gasteiger partial charge in [0.2, 0.25) is 0 Å². The number of hydrogen-bond donors (Lipinski definition) is 2. The number of ether oxygens (including phenoxy) is 3. The third-order valence-electron chi connectivity index (χ3n) is 1.70. The van der Waals surface area contributed by atoms with Crippen molar-refractivity contribution in [3.05, 3.63) is 11.8 Å². The van der Waals surface area contributed by atoms with Crippen LogP contribution in [0, 0.1) is 0 Å². The molecule has 0 aliphatic heterocycles. The van der Waals surface area contributed by atoms with Crippen molar-refractivity contribution in [2.45, 2.75) is 13.3 Å². The number of alkyl carbamates (subject to hydrolysis) is 1. The summed E-state index contributed by atoms with van der Waals surface area (Å²) in [5, 5.41) is 2.25. The summed E-state index contributed by atoms with van der Waals surface area (Å²) in [6.07, 6.45) is 1.37. The molecular formula is C11H20N2O5. The second-order valence-corrected chi connectivity index (χ2v) is 3.33. The summed E-state index contributed by atoms with van der Waals surface area (Å²) in [7, 11) is 1.42. The van der Waals surface area contributed by atoms with Gasteiger partial charge in [-0.1, -0.05) is 6.92 Å². The van der Waals surface area contributed by atoms with E-state index in [9.17, 15) is 9.59 Å².